The first-order valence-corrected chi connectivity index (χ1v) is 4.71. The summed E-state index contributed by atoms with van der Waals surface area (Å²) in [5.41, 5.74) is 0.226. The molecule has 1 aromatic heterocycles. The highest BCUT2D eigenvalue weighted by Gasteiger charge is 2.35. The van der Waals surface area contributed by atoms with Crippen LogP contribution in [-0.4, -0.2) is 10.2 Å². The molecule has 1 N–H and O–H groups in total. The molecule has 2 aromatic rings. The number of hydrogen-bond donors (Lipinski definition) is 1. The van der Waals surface area contributed by atoms with Crippen molar-refractivity contribution in [3.8, 4) is 0 Å². The summed E-state index contributed by atoms with van der Waals surface area (Å²) in [6.07, 6.45) is -2.93. The zero-order chi connectivity index (χ0) is 11.6. The van der Waals surface area contributed by atoms with E-state index in [9.17, 15) is 13.2 Å². The number of nitrogens with zero attached hydrogens (tertiary/aromatic N) is 1. The third-order valence-electron chi connectivity index (χ3n) is 2.24. The third kappa shape index (κ3) is 2.24. The van der Waals surface area contributed by atoms with Crippen LogP contribution in [0.3, 0.4) is 0 Å². The predicted molar refractivity (Wildman–Crippen MR) is 52.8 cm³/mol. The van der Waals surface area contributed by atoms with Gasteiger partial charge in [-0.3, -0.25) is 5.10 Å². The predicted octanol–water partition coefficient (Wildman–Crippen LogP) is 3.02. The van der Waals surface area contributed by atoms with E-state index >= 15 is 0 Å². The summed E-state index contributed by atoms with van der Waals surface area (Å²) in [6.45, 7) is 0. The molecule has 0 radical (unpaired) electrons. The smallest absolute Gasteiger partial charge is 0.273 e. The van der Waals surface area contributed by atoms with Crippen molar-refractivity contribution >= 4 is 0 Å². The second-order valence-corrected chi connectivity index (χ2v) is 3.43. The van der Waals surface area contributed by atoms with Crippen molar-refractivity contribution in [3.63, 3.8) is 0 Å². The molecule has 1 heterocycles. The molecule has 0 atom stereocenters. The first-order valence-electron chi connectivity index (χ1n) is 4.71. The number of halogens is 3. The highest BCUT2D eigenvalue weighted by atomic mass is 19.4. The van der Waals surface area contributed by atoms with Gasteiger partial charge in [0, 0.05) is 12.0 Å². The van der Waals surface area contributed by atoms with E-state index in [1.807, 2.05) is 11.2 Å². The van der Waals surface area contributed by atoms with Crippen LogP contribution in [-0.2, 0) is 12.6 Å². The lowest BCUT2D eigenvalue weighted by molar-refractivity contribution is -0.141. The van der Waals surface area contributed by atoms with E-state index < -0.39 is 11.9 Å². The van der Waals surface area contributed by atoms with Gasteiger partial charge < -0.3 is 0 Å². The number of nitrogens with one attached hydrogen (secondary N) is 1. The molecule has 2 rings (SSSR count). The summed E-state index contributed by atoms with van der Waals surface area (Å²) < 4.78 is 37.5. The van der Waals surface area contributed by atoms with Crippen molar-refractivity contribution in [1.82, 2.24) is 10.2 Å². The largest absolute Gasteiger partial charge is 0.433 e. The van der Waals surface area contributed by atoms with Gasteiger partial charge in [0.15, 0.2) is 0 Å². The number of rotatable bonds is 2. The number of H-pyrrole nitrogens is 1. The van der Waals surface area contributed by atoms with Gasteiger partial charge in [0.1, 0.15) is 5.69 Å². The zero-order valence-electron chi connectivity index (χ0n) is 8.25. The van der Waals surface area contributed by atoms with Crippen molar-refractivity contribution < 1.29 is 13.2 Å². The van der Waals surface area contributed by atoms with Crippen LogP contribution >= 0.6 is 0 Å². The van der Waals surface area contributed by atoms with Crippen molar-refractivity contribution in [3.05, 3.63) is 53.3 Å². The second-order valence-electron chi connectivity index (χ2n) is 3.43. The Morgan fingerprint density at radius 3 is 2.44 bits per heavy atom. The van der Waals surface area contributed by atoms with Crippen LogP contribution in [0.2, 0.25) is 0 Å². The molecule has 0 aliphatic heterocycles. The highest BCUT2D eigenvalue weighted by Crippen LogP contribution is 2.30. The summed E-state index contributed by atoms with van der Waals surface area (Å²) in [6, 6.07) is 8.98. The summed E-state index contributed by atoms with van der Waals surface area (Å²) in [5, 5.41) is 5.43. The number of benzene rings is 1. The van der Waals surface area contributed by atoms with Gasteiger partial charge >= 0.3 is 6.18 Å². The number of aromatic nitrogens is 2. The maximum atomic E-state index is 12.5. The minimum atomic E-state index is -4.37. The number of alkyl halides is 3. The molecule has 0 amide bonds. The minimum absolute atomic E-state index is 0.165. The Morgan fingerprint density at radius 1 is 1.12 bits per heavy atom. The highest BCUT2D eigenvalue weighted by molar-refractivity contribution is 5.28. The molecule has 1 aromatic carbocycles. The first-order chi connectivity index (χ1) is 7.57. The second kappa shape index (κ2) is 4.00. The number of aromatic amines is 1. The van der Waals surface area contributed by atoms with Crippen molar-refractivity contribution in [2.45, 2.75) is 12.6 Å². The summed E-state index contributed by atoms with van der Waals surface area (Å²) in [5.74, 6) is 0. The lowest BCUT2D eigenvalue weighted by atomic mass is 10.1. The van der Waals surface area contributed by atoms with Gasteiger partial charge in [0.25, 0.3) is 0 Å². The van der Waals surface area contributed by atoms with E-state index in [1.165, 1.54) is 6.20 Å². The molecular formula is C11H9F3N2. The fourth-order valence-electron chi connectivity index (χ4n) is 1.51. The molecule has 2 nitrogen and oxygen atoms in total. The fraction of sp³-hybridized carbons (Fsp3) is 0.182. The van der Waals surface area contributed by atoms with Crippen LogP contribution in [0.25, 0.3) is 0 Å². The van der Waals surface area contributed by atoms with Gasteiger partial charge in [0.2, 0.25) is 0 Å². The quantitative estimate of drug-likeness (QED) is 0.837. The topological polar surface area (TPSA) is 28.7 Å². The molecule has 16 heavy (non-hydrogen) atoms. The van der Waals surface area contributed by atoms with E-state index in [1.54, 1.807) is 24.3 Å². The van der Waals surface area contributed by atoms with E-state index in [4.69, 9.17) is 0 Å². The van der Waals surface area contributed by atoms with Crippen LogP contribution < -0.4 is 0 Å². The van der Waals surface area contributed by atoms with Crippen molar-refractivity contribution in [1.29, 1.82) is 0 Å². The Bertz CT molecular complexity index is 460. The van der Waals surface area contributed by atoms with Gasteiger partial charge in [-0.1, -0.05) is 30.3 Å². The van der Waals surface area contributed by atoms with Crippen molar-refractivity contribution in [2.24, 2.45) is 0 Å². The summed E-state index contributed by atoms with van der Waals surface area (Å²) >= 11 is 0. The van der Waals surface area contributed by atoms with Gasteiger partial charge in [0.05, 0.1) is 6.20 Å². The van der Waals surface area contributed by atoms with E-state index in [-0.39, 0.29) is 12.0 Å². The zero-order valence-corrected chi connectivity index (χ0v) is 8.25. The maximum absolute atomic E-state index is 12.5. The third-order valence-corrected chi connectivity index (χ3v) is 2.24. The molecule has 84 valence electrons. The van der Waals surface area contributed by atoms with Gasteiger partial charge in [-0.25, -0.2) is 0 Å². The summed E-state index contributed by atoms with van der Waals surface area (Å²) in [7, 11) is 0. The fourth-order valence-corrected chi connectivity index (χ4v) is 1.51. The molecule has 0 aliphatic rings. The normalized spacial score (nSPS) is 11.7. The van der Waals surface area contributed by atoms with Gasteiger partial charge in [-0.05, 0) is 5.56 Å². The molecule has 0 bridgehead atoms. The van der Waals surface area contributed by atoms with Crippen LogP contribution in [0.4, 0.5) is 13.2 Å². The molecule has 0 aliphatic carbocycles. The first kappa shape index (κ1) is 10.7. The Morgan fingerprint density at radius 2 is 1.81 bits per heavy atom. The summed E-state index contributed by atoms with van der Waals surface area (Å²) in [4.78, 5) is 0. The van der Waals surface area contributed by atoms with Crippen molar-refractivity contribution in [2.75, 3.05) is 0 Å². The average molecular weight is 226 g/mol. The van der Waals surface area contributed by atoms with E-state index in [0.29, 0.717) is 0 Å². The number of hydrogen-bond acceptors (Lipinski definition) is 1. The van der Waals surface area contributed by atoms with E-state index in [2.05, 4.69) is 5.10 Å². The lowest BCUT2D eigenvalue weighted by Crippen LogP contribution is -2.09. The van der Waals surface area contributed by atoms with Gasteiger partial charge in [-0.2, -0.15) is 18.3 Å². The van der Waals surface area contributed by atoms with Gasteiger partial charge in [-0.15, -0.1) is 0 Å². The lowest BCUT2D eigenvalue weighted by Gasteiger charge is -2.06. The van der Waals surface area contributed by atoms with Crippen LogP contribution in [0, 0.1) is 0 Å². The Labute approximate surface area is 90.1 Å². The monoisotopic (exact) mass is 226 g/mol. The Balaban J connectivity index is 2.26. The molecule has 0 spiro atoms. The molecule has 0 unspecified atom stereocenters. The molecule has 0 saturated heterocycles. The Kier molecular flexibility index (Phi) is 2.68. The maximum Gasteiger partial charge on any atom is 0.433 e. The van der Waals surface area contributed by atoms with Crippen LogP contribution in [0.1, 0.15) is 16.8 Å². The minimum Gasteiger partial charge on any atom is -0.273 e. The van der Waals surface area contributed by atoms with Crippen LogP contribution in [0.15, 0.2) is 36.5 Å². The molecule has 0 fully saturated rings. The SMILES string of the molecule is FC(F)(F)c1[nH]ncc1Cc1ccccc1. The standard InChI is InChI=1S/C11H9F3N2/c12-11(13,14)10-9(7-15-16-10)6-8-4-2-1-3-5-8/h1-5,7H,6H2,(H,15,16). The molecule has 0 saturated carbocycles. The van der Waals surface area contributed by atoms with Crippen LogP contribution in [0.5, 0.6) is 0 Å². The molecule has 5 heteroatoms. The average Bonchev–Trinajstić information content (AvgIpc) is 2.67. The molecular weight excluding hydrogens is 217 g/mol. The Hall–Kier alpha value is -1.78. The van der Waals surface area contributed by atoms with E-state index in [0.717, 1.165) is 5.56 Å².